The largest absolute Gasteiger partial charge is 0.458 e. The molecular weight excluding hydrogens is 250 g/mol. The Kier molecular flexibility index (Phi) is 12.6. The summed E-state index contributed by atoms with van der Waals surface area (Å²) in [5.74, 6) is -0.220. The minimum Gasteiger partial charge on any atom is -0.458 e. The molecule has 0 aromatic carbocycles. The van der Waals surface area contributed by atoms with Crippen LogP contribution in [0.3, 0.4) is 0 Å². The van der Waals surface area contributed by atoms with E-state index in [0.717, 1.165) is 13.0 Å². The van der Waals surface area contributed by atoms with E-state index in [1.165, 1.54) is 44.9 Å². The van der Waals surface area contributed by atoms with E-state index in [4.69, 9.17) is 4.74 Å². The SMILES string of the molecule is CCCCCCCCCC=CC(=O)OC(C)CN(C)C. The number of nitrogens with zero attached hydrogens (tertiary/aromatic N) is 1. The topological polar surface area (TPSA) is 29.5 Å². The van der Waals surface area contributed by atoms with E-state index in [-0.39, 0.29) is 12.1 Å². The molecule has 0 spiro atoms. The first-order valence-electron chi connectivity index (χ1n) is 8.08. The molecule has 0 amide bonds. The standard InChI is InChI=1S/C17H33NO2/c1-5-6-7-8-9-10-11-12-13-14-17(19)20-16(2)15-18(3)4/h13-14,16H,5-12,15H2,1-4H3. The number of carbonyl (C=O) groups is 1. The third-order valence-electron chi connectivity index (χ3n) is 3.17. The fraction of sp³-hybridized carbons (Fsp3) is 0.824. The Morgan fingerprint density at radius 2 is 1.70 bits per heavy atom. The van der Waals surface area contributed by atoms with Gasteiger partial charge >= 0.3 is 5.97 Å². The molecule has 0 bridgehead atoms. The zero-order valence-corrected chi connectivity index (χ0v) is 13.9. The van der Waals surface area contributed by atoms with Crippen LogP contribution >= 0.6 is 0 Å². The maximum atomic E-state index is 11.5. The normalized spacial score (nSPS) is 13.1. The predicted octanol–water partition coefficient (Wildman–Crippen LogP) is 4.18. The van der Waals surface area contributed by atoms with Crippen molar-refractivity contribution in [1.82, 2.24) is 4.90 Å². The van der Waals surface area contributed by atoms with Crippen LogP contribution in [-0.2, 0) is 9.53 Å². The van der Waals surface area contributed by atoms with Gasteiger partial charge in [0.25, 0.3) is 0 Å². The van der Waals surface area contributed by atoms with Crippen LogP contribution in [0.4, 0.5) is 0 Å². The third kappa shape index (κ3) is 13.6. The van der Waals surface area contributed by atoms with Gasteiger partial charge in [0.2, 0.25) is 0 Å². The van der Waals surface area contributed by atoms with Crippen LogP contribution in [0.5, 0.6) is 0 Å². The molecule has 0 aromatic heterocycles. The van der Waals surface area contributed by atoms with Crippen LogP contribution in [0.25, 0.3) is 0 Å². The van der Waals surface area contributed by atoms with Crippen molar-refractivity contribution in [3.63, 3.8) is 0 Å². The van der Waals surface area contributed by atoms with E-state index >= 15 is 0 Å². The van der Waals surface area contributed by atoms with Gasteiger partial charge in [-0.1, -0.05) is 51.5 Å². The number of ether oxygens (including phenoxy) is 1. The molecule has 0 fully saturated rings. The number of likely N-dealkylation sites (N-methyl/N-ethyl adjacent to an activating group) is 1. The summed E-state index contributed by atoms with van der Waals surface area (Å²) in [4.78, 5) is 13.5. The highest BCUT2D eigenvalue weighted by Gasteiger charge is 2.07. The van der Waals surface area contributed by atoms with E-state index in [1.54, 1.807) is 6.08 Å². The Hall–Kier alpha value is -0.830. The quantitative estimate of drug-likeness (QED) is 0.306. The van der Waals surface area contributed by atoms with Crippen LogP contribution < -0.4 is 0 Å². The van der Waals surface area contributed by atoms with Crippen molar-refractivity contribution in [3.05, 3.63) is 12.2 Å². The number of allylic oxidation sites excluding steroid dienone is 1. The second-order valence-electron chi connectivity index (χ2n) is 5.82. The number of hydrogen-bond acceptors (Lipinski definition) is 3. The second kappa shape index (κ2) is 13.2. The van der Waals surface area contributed by atoms with Gasteiger partial charge in [0.15, 0.2) is 0 Å². The fourth-order valence-corrected chi connectivity index (χ4v) is 2.19. The summed E-state index contributed by atoms with van der Waals surface area (Å²) in [5.41, 5.74) is 0. The zero-order valence-electron chi connectivity index (χ0n) is 13.9. The van der Waals surface area contributed by atoms with Crippen LogP contribution in [0.2, 0.25) is 0 Å². The molecule has 3 nitrogen and oxygen atoms in total. The van der Waals surface area contributed by atoms with Gasteiger partial charge in [0, 0.05) is 12.6 Å². The first-order valence-corrected chi connectivity index (χ1v) is 8.08. The van der Waals surface area contributed by atoms with Crippen molar-refractivity contribution in [2.75, 3.05) is 20.6 Å². The van der Waals surface area contributed by atoms with Crippen LogP contribution in [0.15, 0.2) is 12.2 Å². The summed E-state index contributed by atoms with van der Waals surface area (Å²) in [6, 6.07) is 0. The molecule has 0 rings (SSSR count). The van der Waals surface area contributed by atoms with E-state index < -0.39 is 0 Å². The first-order chi connectivity index (χ1) is 9.56. The molecule has 118 valence electrons. The lowest BCUT2D eigenvalue weighted by molar-refractivity contribution is -0.142. The Balaban J connectivity index is 3.47. The summed E-state index contributed by atoms with van der Waals surface area (Å²) in [6.07, 6.45) is 13.6. The van der Waals surface area contributed by atoms with Gasteiger partial charge in [-0.25, -0.2) is 4.79 Å². The zero-order chi connectivity index (χ0) is 15.2. The Morgan fingerprint density at radius 1 is 1.10 bits per heavy atom. The summed E-state index contributed by atoms with van der Waals surface area (Å²) < 4.78 is 5.27. The van der Waals surface area contributed by atoms with Crippen LogP contribution in [0.1, 0.15) is 65.2 Å². The lowest BCUT2D eigenvalue weighted by Gasteiger charge is -2.16. The Labute approximate surface area is 125 Å². The predicted molar refractivity (Wildman–Crippen MR) is 85.9 cm³/mol. The van der Waals surface area contributed by atoms with E-state index in [0.29, 0.717) is 0 Å². The molecule has 0 aliphatic rings. The number of esters is 1. The van der Waals surface area contributed by atoms with E-state index in [2.05, 4.69) is 6.92 Å². The molecule has 1 unspecified atom stereocenters. The highest BCUT2D eigenvalue weighted by Crippen LogP contribution is 2.08. The van der Waals surface area contributed by atoms with Gasteiger partial charge in [-0.15, -0.1) is 0 Å². The van der Waals surface area contributed by atoms with Crippen molar-refractivity contribution >= 4 is 5.97 Å². The van der Waals surface area contributed by atoms with Crippen molar-refractivity contribution in [1.29, 1.82) is 0 Å². The van der Waals surface area contributed by atoms with Crippen molar-refractivity contribution in [2.45, 2.75) is 71.3 Å². The summed E-state index contributed by atoms with van der Waals surface area (Å²) in [7, 11) is 3.95. The Bertz CT molecular complexity index is 262. The Morgan fingerprint density at radius 3 is 2.30 bits per heavy atom. The highest BCUT2D eigenvalue weighted by atomic mass is 16.5. The first kappa shape index (κ1) is 19.2. The molecule has 20 heavy (non-hydrogen) atoms. The molecule has 0 aliphatic heterocycles. The molecular formula is C17H33NO2. The molecule has 0 aliphatic carbocycles. The third-order valence-corrected chi connectivity index (χ3v) is 3.17. The fourth-order valence-electron chi connectivity index (χ4n) is 2.19. The van der Waals surface area contributed by atoms with E-state index in [1.807, 2.05) is 32.0 Å². The molecule has 0 heterocycles. The maximum absolute atomic E-state index is 11.5. The number of rotatable bonds is 12. The monoisotopic (exact) mass is 283 g/mol. The minimum atomic E-state index is -0.220. The van der Waals surface area contributed by atoms with E-state index in [9.17, 15) is 4.79 Å². The van der Waals surface area contributed by atoms with Gasteiger partial charge in [0.05, 0.1) is 0 Å². The molecule has 0 aromatic rings. The van der Waals surface area contributed by atoms with Crippen molar-refractivity contribution in [3.8, 4) is 0 Å². The van der Waals surface area contributed by atoms with Gasteiger partial charge in [0.1, 0.15) is 6.10 Å². The van der Waals surface area contributed by atoms with Gasteiger partial charge in [-0.3, -0.25) is 0 Å². The lowest BCUT2D eigenvalue weighted by atomic mass is 10.1. The second-order valence-corrected chi connectivity index (χ2v) is 5.82. The number of unbranched alkanes of at least 4 members (excludes halogenated alkanes) is 7. The van der Waals surface area contributed by atoms with Gasteiger partial charge < -0.3 is 9.64 Å². The van der Waals surface area contributed by atoms with Gasteiger partial charge in [-0.05, 0) is 33.9 Å². The van der Waals surface area contributed by atoms with Crippen LogP contribution in [-0.4, -0.2) is 37.6 Å². The average molecular weight is 283 g/mol. The van der Waals surface area contributed by atoms with Gasteiger partial charge in [-0.2, -0.15) is 0 Å². The minimum absolute atomic E-state index is 0.0549. The summed E-state index contributed by atoms with van der Waals surface area (Å²) in [6.45, 7) is 4.92. The molecule has 3 heteroatoms. The summed E-state index contributed by atoms with van der Waals surface area (Å²) >= 11 is 0. The molecule has 0 radical (unpaired) electrons. The smallest absolute Gasteiger partial charge is 0.330 e. The summed E-state index contributed by atoms with van der Waals surface area (Å²) in [5, 5.41) is 0. The van der Waals surface area contributed by atoms with Crippen LogP contribution in [0, 0.1) is 0 Å². The van der Waals surface area contributed by atoms with Crippen molar-refractivity contribution in [2.24, 2.45) is 0 Å². The molecule has 0 saturated heterocycles. The number of hydrogen-bond donors (Lipinski definition) is 0. The molecule has 0 N–H and O–H groups in total. The lowest BCUT2D eigenvalue weighted by Crippen LogP contribution is -2.27. The highest BCUT2D eigenvalue weighted by molar-refractivity contribution is 5.81. The number of carbonyl (C=O) groups excluding carboxylic acids is 1. The molecule has 0 saturated carbocycles. The van der Waals surface area contributed by atoms with Crippen molar-refractivity contribution < 1.29 is 9.53 Å². The maximum Gasteiger partial charge on any atom is 0.330 e. The average Bonchev–Trinajstić information content (AvgIpc) is 2.35. The molecule has 1 atom stereocenters.